The Morgan fingerprint density at radius 1 is 1.20 bits per heavy atom. The summed E-state index contributed by atoms with van der Waals surface area (Å²) in [5, 5.41) is 2.96. The summed E-state index contributed by atoms with van der Waals surface area (Å²) in [6.07, 6.45) is 0.424. The second-order valence-electron chi connectivity index (χ2n) is 8.69. The number of anilines is 1. The Bertz CT molecular complexity index is 1040. The summed E-state index contributed by atoms with van der Waals surface area (Å²) in [6, 6.07) is 14.5. The van der Waals surface area contributed by atoms with Crippen molar-refractivity contribution in [2.45, 2.75) is 45.4 Å². The highest BCUT2D eigenvalue weighted by molar-refractivity contribution is 5.79. The quantitative estimate of drug-likeness (QED) is 0.696. The molecule has 0 bridgehead atoms. The first-order valence-corrected chi connectivity index (χ1v) is 10.2. The van der Waals surface area contributed by atoms with Crippen LogP contribution in [0.5, 0.6) is 0 Å². The molecule has 30 heavy (non-hydrogen) atoms. The third-order valence-electron chi connectivity index (χ3n) is 5.08. The lowest BCUT2D eigenvalue weighted by Crippen LogP contribution is -2.40. The Morgan fingerprint density at radius 2 is 1.93 bits per heavy atom. The van der Waals surface area contributed by atoms with Crippen molar-refractivity contribution in [3.05, 3.63) is 59.9 Å². The molecule has 1 unspecified atom stereocenters. The topological polar surface area (TPSA) is 59.4 Å². The molecule has 1 amide bonds. The number of amides is 1. The van der Waals surface area contributed by atoms with Crippen molar-refractivity contribution in [1.29, 1.82) is 0 Å². The van der Waals surface area contributed by atoms with Crippen LogP contribution in [-0.2, 0) is 11.3 Å². The average Bonchev–Trinajstić information content (AvgIpc) is 3.27. The van der Waals surface area contributed by atoms with E-state index in [1.807, 2.05) is 45.0 Å². The van der Waals surface area contributed by atoms with E-state index in [9.17, 15) is 9.18 Å². The first kappa shape index (κ1) is 20.2. The summed E-state index contributed by atoms with van der Waals surface area (Å²) in [7, 11) is 0. The zero-order valence-electron chi connectivity index (χ0n) is 17.6. The molecule has 158 valence electrons. The van der Waals surface area contributed by atoms with Gasteiger partial charge in [0.15, 0.2) is 0 Å². The Kier molecular flexibility index (Phi) is 5.37. The summed E-state index contributed by atoms with van der Waals surface area (Å²) in [6.45, 7) is 7.60. The summed E-state index contributed by atoms with van der Waals surface area (Å²) >= 11 is 0. The number of hydrogen-bond acceptors (Lipinski definition) is 4. The molecular weight excluding hydrogens is 383 g/mol. The van der Waals surface area contributed by atoms with E-state index in [1.54, 1.807) is 12.1 Å². The molecule has 1 fully saturated rings. The van der Waals surface area contributed by atoms with Gasteiger partial charge in [-0.15, -0.1) is 0 Å². The van der Waals surface area contributed by atoms with Crippen LogP contribution in [0.1, 0.15) is 32.8 Å². The SMILES string of the molecule is CC(C)(C)OC(=O)NC1CCN(c2nc3ccccc3n2Cc2ccc(F)cc2)C1. The lowest BCUT2D eigenvalue weighted by Gasteiger charge is -2.22. The Balaban J connectivity index is 1.55. The molecule has 0 radical (unpaired) electrons. The zero-order chi connectivity index (χ0) is 21.3. The summed E-state index contributed by atoms with van der Waals surface area (Å²) in [4.78, 5) is 19.2. The van der Waals surface area contributed by atoms with Crippen LogP contribution in [0.25, 0.3) is 11.0 Å². The van der Waals surface area contributed by atoms with Crippen molar-refractivity contribution in [3.63, 3.8) is 0 Å². The van der Waals surface area contributed by atoms with Crippen LogP contribution >= 0.6 is 0 Å². The number of halogens is 1. The third kappa shape index (κ3) is 4.56. The van der Waals surface area contributed by atoms with Gasteiger partial charge in [0.25, 0.3) is 0 Å². The van der Waals surface area contributed by atoms with E-state index >= 15 is 0 Å². The van der Waals surface area contributed by atoms with E-state index in [0.29, 0.717) is 13.1 Å². The number of carbonyl (C=O) groups is 1. The van der Waals surface area contributed by atoms with Crippen molar-refractivity contribution in [3.8, 4) is 0 Å². The molecular formula is C23H27FN4O2. The molecule has 1 saturated heterocycles. The number of nitrogens with zero attached hydrogens (tertiary/aromatic N) is 3. The maximum atomic E-state index is 13.3. The highest BCUT2D eigenvalue weighted by Gasteiger charge is 2.29. The van der Waals surface area contributed by atoms with Crippen LogP contribution in [0.3, 0.4) is 0 Å². The monoisotopic (exact) mass is 410 g/mol. The minimum absolute atomic E-state index is 0.000988. The van der Waals surface area contributed by atoms with Crippen molar-refractivity contribution in [1.82, 2.24) is 14.9 Å². The number of ether oxygens (including phenoxy) is 1. The maximum absolute atomic E-state index is 13.3. The van der Waals surface area contributed by atoms with Gasteiger partial charge in [0.05, 0.1) is 23.6 Å². The summed E-state index contributed by atoms with van der Waals surface area (Å²) < 4.78 is 20.9. The van der Waals surface area contributed by atoms with E-state index in [2.05, 4.69) is 14.8 Å². The summed E-state index contributed by atoms with van der Waals surface area (Å²) in [5.74, 6) is 0.610. The van der Waals surface area contributed by atoms with Gasteiger partial charge in [-0.05, 0) is 57.0 Å². The number of para-hydroxylation sites is 2. The fourth-order valence-electron chi connectivity index (χ4n) is 3.77. The Morgan fingerprint density at radius 3 is 2.67 bits per heavy atom. The van der Waals surface area contributed by atoms with Gasteiger partial charge < -0.3 is 19.5 Å². The first-order chi connectivity index (χ1) is 14.3. The first-order valence-electron chi connectivity index (χ1n) is 10.2. The van der Waals surface area contributed by atoms with E-state index in [-0.39, 0.29) is 11.9 Å². The molecule has 1 atom stereocenters. The molecule has 6 nitrogen and oxygen atoms in total. The standard InChI is InChI=1S/C23H27FN4O2/c1-23(2,3)30-22(29)25-18-12-13-27(15-18)21-26-19-6-4-5-7-20(19)28(21)14-16-8-10-17(24)11-9-16/h4-11,18H,12-15H2,1-3H3,(H,25,29). The van der Waals surface area contributed by atoms with Crippen LogP contribution in [0, 0.1) is 5.82 Å². The predicted octanol–water partition coefficient (Wildman–Crippen LogP) is 4.33. The number of hydrogen-bond donors (Lipinski definition) is 1. The van der Waals surface area contributed by atoms with Crippen LogP contribution < -0.4 is 10.2 Å². The molecule has 0 aliphatic carbocycles. The summed E-state index contributed by atoms with van der Waals surface area (Å²) in [5.41, 5.74) is 2.42. The van der Waals surface area contributed by atoms with E-state index in [4.69, 9.17) is 9.72 Å². The molecule has 1 N–H and O–H groups in total. The molecule has 1 aromatic heterocycles. The van der Waals surface area contributed by atoms with Crippen LogP contribution in [0.2, 0.25) is 0 Å². The number of fused-ring (bicyclic) bond motifs is 1. The zero-order valence-corrected chi connectivity index (χ0v) is 17.6. The number of aromatic nitrogens is 2. The minimum atomic E-state index is -0.522. The fourth-order valence-corrected chi connectivity index (χ4v) is 3.77. The normalized spacial score (nSPS) is 16.8. The van der Waals surface area contributed by atoms with E-state index < -0.39 is 11.7 Å². The van der Waals surface area contributed by atoms with Crippen molar-refractivity contribution < 1.29 is 13.9 Å². The molecule has 3 aromatic rings. The highest BCUT2D eigenvalue weighted by Crippen LogP contribution is 2.27. The average molecular weight is 410 g/mol. The number of alkyl carbamates (subject to hydrolysis) is 1. The maximum Gasteiger partial charge on any atom is 0.407 e. The van der Waals surface area contributed by atoms with Gasteiger partial charge in [-0.3, -0.25) is 0 Å². The van der Waals surface area contributed by atoms with Gasteiger partial charge >= 0.3 is 6.09 Å². The van der Waals surface area contributed by atoms with Crippen LogP contribution in [-0.4, -0.2) is 40.4 Å². The second kappa shape index (κ2) is 7.97. The fraction of sp³-hybridized carbons (Fsp3) is 0.391. The number of nitrogens with one attached hydrogen (secondary N) is 1. The number of rotatable bonds is 4. The van der Waals surface area contributed by atoms with Crippen molar-refractivity contribution in [2.75, 3.05) is 18.0 Å². The number of benzene rings is 2. The van der Waals surface area contributed by atoms with Crippen molar-refractivity contribution in [2.24, 2.45) is 0 Å². The second-order valence-corrected chi connectivity index (χ2v) is 8.69. The van der Waals surface area contributed by atoms with Gasteiger partial charge in [-0.25, -0.2) is 14.2 Å². The largest absolute Gasteiger partial charge is 0.444 e. The van der Waals surface area contributed by atoms with Gasteiger partial charge in [0.2, 0.25) is 5.95 Å². The van der Waals surface area contributed by atoms with E-state index in [0.717, 1.165) is 35.5 Å². The van der Waals surface area contributed by atoms with Gasteiger partial charge in [0, 0.05) is 13.1 Å². The smallest absolute Gasteiger partial charge is 0.407 e. The molecule has 4 rings (SSSR count). The molecule has 1 aliphatic rings. The molecule has 0 spiro atoms. The predicted molar refractivity (Wildman–Crippen MR) is 115 cm³/mol. The molecule has 7 heteroatoms. The number of carbonyl (C=O) groups excluding carboxylic acids is 1. The van der Waals surface area contributed by atoms with E-state index in [1.165, 1.54) is 12.1 Å². The third-order valence-corrected chi connectivity index (χ3v) is 5.08. The van der Waals surface area contributed by atoms with Crippen LogP contribution in [0.15, 0.2) is 48.5 Å². The van der Waals surface area contributed by atoms with Gasteiger partial charge in [-0.1, -0.05) is 24.3 Å². The number of imidazole rings is 1. The Labute approximate surface area is 175 Å². The van der Waals surface area contributed by atoms with Gasteiger partial charge in [-0.2, -0.15) is 0 Å². The Hall–Kier alpha value is -3.09. The molecule has 1 aliphatic heterocycles. The minimum Gasteiger partial charge on any atom is -0.444 e. The van der Waals surface area contributed by atoms with Crippen molar-refractivity contribution >= 4 is 23.1 Å². The molecule has 0 saturated carbocycles. The molecule has 2 heterocycles. The lowest BCUT2D eigenvalue weighted by molar-refractivity contribution is 0.0509. The van der Waals surface area contributed by atoms with Crippen LogP contribution in [0.4, 0.5) is 15.1 Å². The lowest BCUT2D eigenvalue weighted by atomic mass is 10.2. The molecule has 2 aromatic carbocycles. The highest BCUT2D eigenvalue weighted by atomic mass is 19.1. The van der Waals surface area contributed by atoms with Gasteiger partial charge in [0.1, 0.15) is 11.4 Å².